The standard InChI is InChI=1S/C12H16FN3O/c1-15-12(17)11-3-2-6-16(11)10-5-4-8(13)7-9(10)14/h4-5,7,11H,2-3,6,14H2,1H3,(H,15,17). The average Bonchev–Trinajstić information content (AvgIpc) is 2.77. The van der Waals surface area contributed by atoms with Gasteiger partial charge in [-0.3, -0.25) is 4.79 Å². The molecule has 1 aromatic carbocycles. The third kappa shape index (κ3) is 2.18. The Morgan fingerprint density at radius 1 is 1.59 bits per heavy atom. The minimum absolute atomic E-state index is 0.0220. The van der Waals surface area contributed by atoms with E-state index in [4.69, 9.17) is 5.73 Å². The molecule has 0 spiro atoms. The zero-order valence-corrected chi connectivity index (χ0v) is 9.74. The van der Waals surface area contributed by atoms with E-state index in [0.29, 0.717) is 5.69 Å². The molecule has 1 amide bonds. The predicted molar refractivity (Wildman–Crippen MR) is 65.2 cm³/mol. The van der Waals surface area contributed by atoms with Crippen LogP contribution in [0.5, 0.6) is 0 Å². The molecule has 0 aliphatic carbocycles. The molecule has 1 atom stereocenters. The molecule has 1 unspecified atom stereocenters. The lowest BCUT2D eigenvalue weighted by Crippen LogP contribution is -2.42. The maximum Gasteiger partial charge on any atom is 0.242 e. The van der Waals surface area contributed by atoms with Crippen LogP contribution in [0.4, 0.5) is 15.8 Å². The Kier molecular flexibility index (Phi) is 3.17. The van der Waals surface area contributed by atoms with Crippen LogP contribution in [0.3, 0.4) is 0 Å². The number of nitrogens with one attached hydrogen (secondary N) is 1. The number of likely N-dealkylation sites (N-methyl/N-ethyl adjacent to an activating group) is 1. The molecule has 1 aromatic rings. The maximum absolute atomic E-state index is 13.0. The number of nitrogen functional groups attached to an aromatic ring is 1. The second-order valence-electron chi connectivity index (χ2n) is 4.17. The quantitative estimate of drug-likeness (QED) is 0.758. The molecule has 92 valence electrons. The van der Waals surface area contributed by atoms with Crippen LogP contribution in [0.15, 0.2) is 18.2 Å². The summed E-state index contributed by atoms with van der Waals surface area (Å²) in [5.74, 6) is -0.381. The highest BCUT2D eigenvalue weighted by Crippen LogP contribution is 2.30. The van der Waals surface area contributed by atoms with Gasteiger partial charge >= 0.3 is 0 Å². The maximum atomic E-state index is 13.0. The molecule has 5 heteroatoms. The van der Waals surface area contributed by atoms with Crippen LogP contribution in [0.25, 0.3) is 0 Å². The Labute approximate surface area is 99.6 Å². The monoisotopic (exact) mass is 237 g/mol. The SMILES string of the molecule is CNC(=O)C1CCCN1c1ccc(F)cc1N. The lowest BCUT2D eigenvalue weighted by Gasteiger charge is -2.26. The van der Waals surface area contributed by atoms with E-state index in [1.54, 1.807) is 13.1 Å². The highest BCUT2D eigenvalue weighted by atomic mass is 19.1. The van der Waals surface area contributed by atoms with Gasteiger partial charge in [-0.15, -0.1) is 0 Å². The highest BCUT2D eigenvalue weighted by molar-refractivity contribution is 5.87. The lowest BCUT2D eigenvalue weighted by atomic mass is 10.2. The zero-order chi connectivity index (χ0) is 12.4. The van der Waals surface area contributed by atoms with Gasteiger partial charge in [0, 0.05) is 13.6 Å². The smallest absolute Gasteiger partial charge is 0.242 e. The number of anilines is 2. The number of halogens is 1. The summed E-state index contributed by atoms with van der Waals surface area (Å²) in [6.07, 6.45) is 1.74. The van der Waals surface area contributed by atoms with Crippen LogP contribution in [0.1, 0.15) is 12.8 Å². The molecular weight excluding hydrogens is 221 g/mol. The van der Waals surface area contributed by atoms with E-state index in [-0.39, 0.29) is 17.8 Å². The number of nitrogens with zero attached hydrogens (tertiary/aromatic N) is 1. The van der Waals surface area contributed by atoms with Gasteiger partial charge in [0.15, 0.2) is 0 Å². The van der Waals surface area contributed by atoms with Crippen molar-refractivity contribution in [3.05, 3.63) is 24.0 Å². The van der Waals surface area contributed by atoms with Crippen molar-refractivity contribution in [3.63, 3.8) is 0 Å². The van der Waals surface area contributed by atoms with Crippen molar-refractivity contribution in [1.29, 1.82) is 0 Å². The summed E-state index contributed by atoms with van der Waals surface area (Å²) < 4.78 is 13.0. The van der Waals surface area contributed by atoms with Gasteiger partial charge in [0.2, 0.25) is 5.91 Å². The summed E-state index contributed by atoms with van der Waals surface area (Å²) in [6, 6.07) is 4.08. The van der Waals surface area contributed by atoms with Gasteiger partial charge in [0.05, 0.1) is 11.4 Å². The van der Waals surface area contributed by atoms with E-state index >= 15 is 0 Å². The van der Waals surface area contributed by atoms with Gasteiger partial charge < -0.3 is 16.0 Å². The van der Waals surface area contributed by atoms with Gasteiger partial charge in [0.1, 0.15) is 11.9 Å². The third-order valence-corrected chi connectivity index (χ3v) is 3.10. The molecule has 17 heavy (non-hydrogen) atoms. The predicted octanol–water partition coefficient (Wildman–Crippen LogP) is 1.12. The molecule has 0 aromatic heterocycles. The first kappa shape index (κ1) is 11.7. The van der Waals surface area contributed by atoms with Crippen molar-refractivity contribution < 1.29 is 9.18 Å². The summed E-state index contributed by atoms with van der Waals surface area (Å²) >= 11 is 0. The van der Waals surface area contributed by atoms with Crippen molar-refractivity contribution in [2.45, 2.75) is 18.9 Å². The van der Waals surface area contributed by atoms with Gasteiger partial charge in [0.25, 0.3) is 0 Å². The number of rotatable bonds is 2. The Balaban J connectivity index is 2.29. The Bertz CT molecular complexity index is 436. The third-order valence-electron chi connectivity index (χ3n) is 3.10. The molecule has 1 aliphatic rings. The van der Waals surface area contributed by atoms with Gasteiger partial charge in [-0.2, -0.15) is 0 Å². The van der Waals surface area contributed by atoms with Crippen molar-refractivity contribution in [1.82, 2.24) is 5.32 Å². The molecule has 0 saturated carbocycles. The van der Waals surface area contributed by atoms with E-state index in [9.17, 15) is 9.18 Å². The Morgan fingerprint density at radius 2 is 2.35 bits per heavy atom. The number of nitrogens with two attached hydrogens (primary N) is 1. The van der Waals surface area contributed by atoms with Crippen LogP contribution in [-0.4, -0.2) is 25.5 Å². The summed E-state index contributed by atoms with van der Waals surface area (Å²) in [6.45, 7) is 0.772. The molecule has 1 aliphatic heterocycles. The highest BCUT2D eigenvalue weighted by Gasteiger charge is 2.31. The molecular formula is C12H16FN3O. The molecule has 4 nitrogen and oxygen atoms in total. The Morgan fingerprint density at radius 3 is 3.00 bits per heavy atom. The number of carbonyl (C=O) groups excluding carboxylic acids is 1. The van der Waals surface area contributed by atoms with Crippen LogP contribution in [0, 0.1) is 5.82 Å². The summed E-state index contributed by atoms with van der Waals surface area (Å²) in [7, 11) is 1.62. The number of benzene rings is 1. The molecule has 2 rings (SSSR count). The first-order valence-electron chi connectivity index (χ1n) is 5.66. The lowest BCUT2D eigenvalue weighted by molar-refractivity contribution is -0.121. The number of hydrogen-bond acceptors (Lipinski definition) is 3. The normalized spacial score (nSPS) is 19.4. The molecule has 1 heterocycles. The molecule has 0 bridgehead atoms. The van der Waals surface area contributed by atoms with Gasteiger partial charge in [-0.05, 0) is 31.0 Å². The summed E-state index contributed by atoms with van der Waals surface area (Å²) in [4.78, 5) is 13.6. The topological polar surface area (TPSA) is 58.4 Å². The van der Waals surface area contributed by atoms with Crippen LogP contribution in [0.2, 0.25) is 0 Å². The van der Waals surface area contributed by atoms with Crippen molar-refractivity contribution >= 4 is 17.3 Å². The fourth-order valence-electron chi connectivity index (χ4n) is 2.28. The van der Waals surface area contributed by atoms with Gasteiger partial charge in [-0.25, -0.2) is 4.39 Å². The van der Waals surface area contributed by atoms with E-state index in [1.165, 1.54) is 12.1 Å². The number of amides is 1. The van der Waals surface area contributed by atoms with Crippen LogP contribution in [-0.2, 0) is 4.79 Å². The second kappa shape index (κ2) is 4.61. The van der Waals surface area contributed by atoms with Crippen molar-refractivity contribution in [2.75, 3.05) is 24.2 Å². The largest absolute Gasteiger partial charge is 0.397 e. The first-order chi connectivity index (χ1) is 8.13. The van der Waals surface area contributed by atoms with Gasteiger partial charge in [-0.1, -0.05) is 0 Å². The molecule has 0 radical (unpaired) electrons. The second-order valence-corrected chi connectivity index (χ2v) is 4.17. The first-order valence-corrected chi connectivity index (χ1v) is 5.66. The molecule has 1 fully saturated rings. The summed E-state index contributed by atoms with van der Waals surface area (Å²) in [5.41, 5.74) is 6.90. The summed E-state index contributed by atoms with van der Waals surface area (Å²) in [5, 5.41) is 2.64. The number of hydrogen-bond donors (Lipinski definition) is 2. The van der Waals surface area contributed by atoms with Crippen molar-refractivity contribution in [2.24, 2.45) is 0 Å². The zero-order valence-electron chi connectivity index (χ0n) is 9.74. The average molecular weight is 237 g/mol. The van der Waals surface area contributed by atoms with Crippen molar-refractivity contribution in [3.8, 4) is 0 Å². The molecule has 1 saturated heterocycles. The van der Waals surface area contributed by atoms with E-state index in [1.807, 2.05) is 4.90 Å². The minimum Gasteiger partial charge on any atom is -0.397 e. The van der Waals surface area contributed by atoms with Crippen LogP contribution >= 0.6 is 0 Å². The minimum atomic E-state index is -0.359. The van der Waals surface area contributed by atoms with Crippen LogP contribution < -0.4 is 16.0 Å². The van der Waals surface area contributed by atoms with E-state index < -0.39 is 0 Å². The number of carbonyl (C=O) groups is 1. The van der Waals surface area contributed by atoms with E-state index in [0.717, 1.165) is 25.1 Å². The Hall–Kier alpha value is -1.78. The fourth-order valence-corrected chi connectivity index (χ4v) is 2.28. The van der Waals surface area contributed by atoms with E-state index in [2.05, 4.69) is 5.32 Å². The molecule has 3 N–H and O–H groups in total. The fraction of sp³-hybridized carbons (Fsp3) is 0.417.